The lowest BCUT2D eigenvalue weighted by molar-refractivity contribution is 0.109. The van der Waals surface area contributed by atoms with Crippen molar-refractivity contribution in [3.8, 4) is 22.9 Å². The fraction of sp³-hybridized carbons (Fsp3) is 0.368. The van der Waals surface area contributed by atoms with E-state index in [1.54, 1.807) is 7.11 Å². The van der Waals surface area contributed by atoms with Crippen molar-refractivity contribution in [2.24, 2.45) is 0 Å². The van der Waals surface area contributed by atoms with Crippen molar-refractivity contribution in [2.75, 3.05) is 26.1 Å². The van der Waals surface area contributed by atoms with Gasteiger partial charge in [0.2, 0.25) is 0 Å². The smallest absolute Gasteiger partial charge is 0.142 e. The third kappa shape index (κ3) is 3.29. The quantitative estimate of drug-likeness (QED) is 0.901. The summed E-state index contributed by atoms with van der Waals surface area (Å²) in [6.45, 7) is 4.04. The summed E-state index contributed by atoms with van der Waals surface area (Å²) in [7, 11) is 1.63. The molecule has 6 nitrogen and oxygen atoms in total. The Labute approximate surface area is 147 Å². The molecule has 2 aromatic rings. The van der Waals surface area contributed by atoms with Crippen LogP contribution in [0.25, 0.3) is 11.1 Å². The lowest BCUT2D eigenvalue weighted by Gasteiger charge is -2.22. The van der Waals surface area contributed by atoms with Gasteiger partial charge in [-0.15, -0.1) is 0 Å². The van der Waals surface area contributed by atoms with Gasteiger partial charge in [0.05, 0.1) is 32.6 Å². The number of hydrogen-bond acceptors (Lipinski definition) is 6. The van der Waals surface area contributed by atoms with Crippen LogP contribution in [0.1, 0.15) is 29.3 Å². The van der Waals surface area contributed by atoms with Crippen LogP contribution in [0, 0.1) is 11.3 Å². The first-order chi connectivity index (χ1) is 12.2. The molecule has 6 heteroatoms. The van der Waals surface area contributed by atoms with Gasteiger partial charge in [-0.25, -0.2) is 4.98 Å². The number of hydrogen-bond donors (Lipinski definition) is 1. The van der Waals surface area contributed by atoms with Crippen LogP contribution in [-0.2, 0) is 29.1 Å². The molecule has 2 N–H and O–H groups in total. The Balaban J connectivity index is 2.19. The Kier molecular flexibility index (Phi) is 5.17. The fourth-order valence-corrected chi connectivity index (χ4v) is 3.09. The SMILES string of the molecule is CCOCc1cc(-c2c(C#N)c(N)nc3c2COCC3)ccc1OC. The molecule has 0 fully saturated rings. The molecule has 0 radical (unpaired) electrons. The van der Waals surface area contributed by atoms with Crippen molar-refractivity contribution < 1.29 is 14.2 Å². The van der Waals surface area contributed by atoms with Gasteiger partial charge in [-0.2, -0.15) is 5.26 Å². The summed E-state index contributed by atoms with van der Waals surface area (Å²) >= 11 is 0. The van der Waals surface area contributed by atoms with Gasteiger partial charge >= 0.3 is 0 Å². The van der Waals surface area contributed by atoms with E-state index in [-0.39, 0.29) is 5.82 Å². The second-order valence-electron chi connectivity index (χ2n) is 5.75. The first-order valence-corrected chi connectivity index (χ1v) is 8.23. The summed E-state index contributed by atoms with van der Waals surface area (Å²) < 4.78 is 16.6. The van der Waals surface area contributed by atoms with E-state index in [0.717, 1.165) is 33.7 Å². The predicted octanol–water partition coefficient (Wildman–Crippen LogP) is 2.82. The van der Waals surface area contributed by atoms with E-state index in [1.807, 2.05) is 25.1 Å². The lowest BCUT2D eigenvalue weighted by atomic mass is 9.91. The molecular weight excluding hydrogens is 318 g/mol. The van der Waals surface area contributed by atoms with Crippen molar-refractivity contribution in [3.05, 3.63) is 40.6 Å². The van der Waals surface area contributed by atoms with Crippen molar-refractivity contribution in [2.45, 2.75) is 26.6 Å². The normalized spacial score (nSPS) is 13.2. The molecule has 0 atom stereocenters. The van der Waals surface area contributed by atoms with E-state index in [4.69, 9.17) is 19.9 Å². The summed E-state index contributed by atoms with van der Waals surface area (Å²) in [6.07, 6.45) is 0.695. The number of fused-ring (bicyclic) bond motifs is 1. The molecule has 0 saturated carbocycles. The number of nitriles is 1. The molecule has 25 heavy (non-hydrogen) atoms. The van der Waals surface area contributed by atoms with Gasteiger partial charge in [-0.3, -0.25) is 0 Å². The maximum absolute atomic E-state index is 9.61. The molecule has 2 heterocycles. The van der Waals surface area contributed by atoms with Crippen molar-refractivity contribution in [3.63, 3.8) is 0 Å². The summed E-state index contributed by atoms with van der Waals surface area (Å²) in [4.78, 5) is 4.40. The van der Waals surface area contributed by atoms with Crippen LogP contribution in [0.15, 0.2) is 18.2 Å². The van der Waals surface area contributed by atoms with Crippen LogP contribution in [0.4, 0.5) is 5.82 Å². The molecule has 1 aliphatic heterocycles. The Morgan fingerprint density at radius 1 is 1.40 bits per heavy atom. The molecular formula is C19H21N3O3. The molecule has 1 aromatic heterocycles. The number of ether oxygens (including phenoxy) is 3. The largest absolute Gasteiger partial charge is 0.496 e. The fourth-order valence-electron chi connectivity index (χ4n) is 3.09. The number of benzene rings is 1. The Hall–Kier alpha value is -2.62. The van der Waals surface area contributed by atoms with Gasteiger partial charge in [-0.05, 0) is 24.6 Å². The van der Waals surface area contributed by atoms with E-state index in [9.17, 15) is 5.26 Å². The number of methoxy groups -OCH3 is 1. The molecule has 0 bridgehead atoms. The lowest BCUT2D eigenvalue weighted by Crippen LogP contribution is -2.16. The van der Waals surface area contributed by atoms with Crippen LogP contribution in [0.2, 0.25) is 0 Å². The Morgan fingerprint density at radius 2 is 2.24 bits per heavy atom. The van der Waals surface area contributed by atoms with Crippen LogP contribution in [0.3, 0.4) is 0 Å². The highest BCUT2D eigenvalue weighted by Crippen LogP contribution is 2.36. The average Bonchev–Trinajstić information content (AvgIpc) is 2.65. The Morgan fingerprint density at radius 3 is 2.96 bits per heavy atom. The maximum atomic E-state index is 9.61. The van der Waals surface area contributed by atoms with Crippen molar-refractivity contribution in [1.29, 1.82) is 5.26 Å². The van der Waals surface area contributed by atoms with E-state index >= 15 is 0 Å². The van der Waals surface area contributed by atoms with Crippen LogP contribution < -0.4 is 10.5 Å². The third-order valence-corrected chi connectivity index (χ3v) is 4.28. The summed E-state index contributed by atoms with van der Waals surface area (Å²) in [5.41, 5.74) is 10.9. The predicted molar refractivity (Wildman–Crippen MR) is 94.0 cm³/mol. The van der Waals surface area contributed by atoms with Gasteiger partial charge in [-0.1, -0.05) is 6.07 Å². The van der Waals surface area contributed by atoms with Gasteiger partial charge in [0.1, 0.15) is 23.2 Å². The summed E-state index contributed by atoms with van der Waals surface area (Å²) in [5, 5.41) is 9.61. The molecule has 0 unspecified atom stereocenters. The minimum atomic E-state index is 0.264. The second-order valence-corrected chi connectivity index (χ2v) is 5.75. The topological polar surface area (TPSA) is 90.4 Å². The first kappa shape index (κ1) is 17.2. The van der Waals surface area contributed by atoms with Crippen molar-refractivity contribution in [1.82, 2.24) is 4.98 Å². The number of nitrogens with two attached hydrogens (primary N) is 1. The van der Waals surface area contributed by atoms with E-state index < -0.39 is 0 Å². The summed E-state index contributed by atoms with van der Waals surface area (Å²) in [5.74, 6) is 1.02. The molecule has 0 amide bonds. The van der Waals surface area contributed by atoms with Gasteiger partial charge < -0.3 is 19.9 Å². The highest BCUT2D eigenvalue weighted by Gasteiger charge is 2.23. The monoisotopic (exact) mass is 339 g/mol. The minimum Gasteiger partial charge on any atom is -0.496 e. The van der Waals surface area contributed by atoms with Crippen LogP contribution in [0.5, 0.6) is 5.75 Å². The first-order valence-electron chi connectivity index (χ1n) is 8.23. The van der Waals surface area contributed by atoms with Crippen LogP contribution >= 0.6 is 0 Å². The number of aromatic nitrogens is 1. The van der Waals surface area contributed by atoms with E-state index in [2.05, 4.69) is 11.1 Å². The number of pyridine rings is 1. The minimum absolute atomic E-state index is 0.264. The van der Waals surface area contributed by atoms with Gasteiger partial charge in [0.25, 0.3) is 0 Å². The molecule has 0 aliphatic carbocycles. The molecule has 0 saturated heterocycles. The van der Waals surface area contributed by atoms with Crippen LogP contribution in [-0.4, -0.2) is 25.3 Å². The standard InChI is InChI=1S/C19H21N3O3/c1-3-24-10-13-8-12(4-5-17(13)23-2)18-14(9-20)19(21)22-16-6-7-25-11-15(16)18/h4-5,8H,3,6-7,10-11H2,1-2H3,(H2,21,22). The number of nitrogen functional groups attached to an aromatic ring is 1. The second kappa shape index (κ2) is 7.51. The highest BCUT2D eigenvalue weighted by atomic mass is 16.5. The molecule has 130 valence electrons. The van der Waals surface area contributed by atoms with Gasteiger partial charge in [0.15, 0.2) is 0 Å². The Bertz CT molecular complexity index is 828. The third-order valence-electron chi connectivity index (χ3n) is 4.28. The molecule has 1 aliphatic rings. The highest BCUT2D eigenvalue weighted by molar-refractivity contribution is 5.80. The zero-order valence-corrected chi connectivity index (χ0v) is 14.5. The molecule has 0 spiro atoms. The zero-order valence-electron chi connectivity index (χ0n) is 14.5. The number of nitrogens with zero attached hydrogens (tertiary/aromatic N) is 2. The summed E-state index contributed by atoms with van der Waals surface area (Å²) in [6, 6.07) is 8.00. The van der Waals surface area contributed by atoms with Gasteiger partial charge in [0, 0.05) is 29.7 Å². The molecule has 3 rings (SSSR count). The average molecular weight is 339 g/mol. The van der Waals surface area contributed by atoms with E-state index in [0.29, 0.717) is 38.4 Å². The van der Waals surface area contributed by atoms with Crippen molar-refractivity contribution >= 4 is 5.82 Å². The van der Waals surface area contributed by atoms with E-state index in [1.165, 1.54) is 0 Å². The number of anilines is 1. The zero-order chi connectivity index (χ0) is 17.8. The molecule has 1 aromatic carbocycles. The number of rotatable bonds is 5. The maximum Gasteiger partial charge on any atom is 0.142 e.